The third-order valence-corrected chi connectivity index (χ3v) is 3.19. The fourth-order valence-corrected chi connectivity index (χ4v) is 2.14. The molecule has 0 aliphatic carbocycles. The predicted octanol–water partition coefficient (Wildman–Crippen LogP) is 1.27. The zero-order valence-electron chi connectivity index (χ0n) is 9.83. The second kappa shape index (κ2) is 5.22. The molecule has 18 heavy (non-hydrogen) atoms. The third kappa shape index (κ3) is 2.89. The number of rotatable bonds is 4. The first kappa shape index (κ1) is 12.6. The van der Waals surface area contributed by atoms with E-state index in [9.17, 15) is 9.59 Å². The van der Waals surface area contributed by atoms with Gasteiger partial charge in [-0.25, -0.2) is 4.79 Å². The van der Waals surface area contributed by atoms with Crippen LogP contribution < -0.4 is 0 Å². The molecule has 1 aromatic heterocycles. The Bertz CT molecular complexity index is 445. The van der Waals surface area contributed by atoms with E-state index in [-0.39, 0.29) is 11.7 Å². The molecule has 0 radical (unpaired) electrons. The minimum Gasteiger partial charge on any atom is -0.481 e. The summed E-state index contributed by atoms with van der Waals surface area (Å²) < 4.78 is 5.16. The quantitative estimate of drug-likeness (QED) is 0.839. The normalized spacial score (nSPS) is 17.8. The van der Waals surface area contributed by atoms with Crippen LogP contribution in [-0.2, 0) is 11.3 Å². The van der Waals surface area contributed by atoms with Gasteiger partial charge in [0.15, 0.2) is 0 Å². The molecule has 1 aliphatic heterocycles. The Labute approximate surface area is 104 Å². The van der Waals surface area contributed by atoms with E-state index in [1.54, 1.807) is 6.07 Å². The summed E-state index contributed by atoms with van der Waals surface area (Å²) in [7, 11) is 0. The van der Waals surface area contributed by atoms with Gasteiger partial charge < -0.3 is 14.6 Å². The number of carbonyl (C=O) groups is 2. The summed E-state index contributed by atoms with van der Waals surface area (Å²) in [4.78, 5) is 23.5. The lowest BCUT2D eigenvalue weighted by Crippen LogP contribution is -2.35. The van der Waals surface area contributed by atoms with Crippen molar-refractivity contribution in [2.45, 2.75) is 19.4 Å². The van der Waals surface area contributed by atoms with Crippen molar-refractivity contribution in [3.8, 4) is 0 Å². The van der Waals surface area contributed by atoms with Gasteiger partial charge in [-0.1, -0.05) is 0 Å². The third-order valence-electron chi connectivity index (χ3n) is 3.19. The smallest absolute Gasteiger partial charge is 0.371 e. The number of piperidine rings is 1. The number of nitrogens with zero attached hydrogens (tertiary/aromatic N) is 1. The van der Waals surface area contributed by atoms with Gasteiger partial charge in [0.2, 0.25) is 5.76 Å². The molecule has 2 heterocycles. The number of aromatic carboxylic acids is 1. The predicted molar refractivity (Wildman–Crippen MR) is 61.3 cm³/mol. The average Bonchev–Trinajstić information content (AvgIpc) is 2.78. The van der Waals surface area contributed by atoms with E-state index in [2.05, 4.69) is 4.90 Å². The van der Waals surface area contributed by atoms with Crippen molar-refractivity contribution < 1.29 is 24.2 Å². The van der Waals surface area contributed by atoms with E-state index in [0.29, 0.717) is 38.2 Å². The summed E-state index contributed by atoms with van der Waals surface area (Å²) >= 11 is 0. The molecule has 1 aromatic rings. The first-order chi connectivity index (χ1) is 8.56. The molecule has 1 aliphatic rings. The summed E-state index contributed by atoms with van der Waals surface area (Å²) in [5, 5.41) is 17.6. The number of hydrogen-bond acceptors (Lipinski definition) is 4. The molecule has 6 nitrogen and oxygen atoms in total. The van der Waals surface area contributed by atoms with E-state index < -0.39 is 11.9 Å². The molecule has 0 bridgehead atoms. The van der Waals surface area contributed by atoms with Crippen molar-refractivity contribution in [2.75, 3.05) is 13.1 Å². The van der Waals surface area contributed by atoms with Crippen LogP contribution in [0.5, 0.6) is 0 Å². The van der Waals surface area contributed by atoms with Crippen LogP contribution in [0.1, 0.15) is 29.2 Å². The van der Waals surface area contributed by atoms with Crippen LogP contribution in [0.25, 0.3) is 0 Å². The van der Waals surface area contributed by atoms with Gasteiger partial charge in [0.1, 0.15) is 5.76 Å². The summed E-state index contributed by atoms with van der Waals surface area (Å²) in [6.45, 7) is 1.92. The Kier molecular flexibility index (Phi) is 3.66. The molecule has 2 N–H and O–H groups in total. The SMILES string of the molecule is O=C(O)c1ccc(CN2CCC(C(=O)O)CC2)o1. The number of aliphatic carboxylic acids is 1. The zero-order chi connectivity index (χ0) is 13.1. The van der Waals surface area contributed by atoms with Gasteiger partial charge in [0, 0.05) is 0 Å². The summed E-state index contributed by atoms with van der Waals surface area (Å²) in [5.74, 6) is -1.54. The lowest BCUT2D eigenvalue weighted by atomic mass is 9.97. The molecule has 0 unspecified atom stereocenters. The minimum absolute atomic E-state index is 0.0644. The average molecular weight is 253 g/mol. The van der Waals surface area contributed by atoms with Gasteiger partial charge in [-0.2, -0.15) is 0 Å². The molecule has 6 heteroatoms. The highest BCUT2D eigenvalue weighted by Crippen LogP contribution is 2.19. The van der Waals surface area contributed by atoms with Gasteiger partial charge in [-0.15, -0.1) is 0 Å². The van der Waals surface area contributed by atoms with Gasteiger partial charge in [-0.05, 0) is 38.1 Å². The Morgan fingerprint density at radius 3 is 2.44 bits per heavy atom. The topological polar surface area (TPSA) is 91.0 Å². The van der Waals surface area contributed by atoms with E-state index in [1.165, 1.54) is 6.07 Å². The fraction of sp³-hybridized carbons (Fsp3) is 0.500. The maximum Gasteiger partial charge on any atom is 0.371 e. The Morgan fingerprint density at radius 2 is 1.94 bits per heavy atom. The second-order valence-electron chi connectivity index (χ2n) is 4.46. The van der Waals surface area contributed by atoms with Crippen molar-refractivity contribution in [1.29, 1.82) is 0 Å². The van der Waals surface area contributed by atoms with Gasteiger partial charge >= 0.3 is 11.9 Å². The van der Waals surface area contributed by atoms with Crippen molar-refractivity contribution in [3.63, 3.8) is 0 Å². The van der Waals surface area contributed by atoms with E-state index in [0.717, 1.165) is 0 Å². The van der Waals surface area contributed by atoms with Crippen LogP contribution >= 0.6 is 0 Å². The molecule has 0 amide bonds. The molecular weight excluding hydrogens is 238 g/mol. The van der Waals surface area contributed by atoms with Gasteiger partial charge in [0.25, 0.3) is 0 Å². The number of carboxylic acid groups (broad SMARTS) is 2. The van der Waals surface area contributed by atoms with Crippen molar-refractivity contribution in [2.24, 2.45) is 5.92 Å². The lowest BCUT2D eigenvalue weighted by molar-refractivity contribution is -0.143. The molecule has 0 saturated carbocycles. The molecule has 1 saturated heterocycles. The number of likely N-dealkylation sites (tertiary alicyclic amines) is 1. The van der Waals surface area contributed by atoms with Crippen LogP contribution in [0.4, 0.5) is 0 Å². The molecule has 98 valence electrons. The van der Waals surface area contributed by atoms with Crippen molar-refractivity contribution in [1.82, 2.24) is 4.90 Å². The molecule has 0 aromatic carbocycles. The Balaban J connectivity index is 1.87. The molecule has 0 atom stereocenters. The summed E-state index contributed by atoms with van der Waals surface area (Å²) in [6, 6.07) is 3.08. The maximum atomic E-state index is 10.8. The number of carboxylic acids is 2. The Hall–Kier alpha value is -1.82. The summed E-state index contributed by atoms with van der Waals surface area (Å²) in [5.41, 5.74) is 0. The molecule has 2 rings (SSSR count). The molecular formula is C12H15NO5. The monoisotopic (exact) mass is 253 g/mol. The molecule has 1 fully saturated rings. The van der Waals surface area contributed by atoms with Crippen LogP contribution in [-0.4, -0.2) is 40.1 Å². The first-order valence-electron chi connectivity index (χ1n) is 5.83. The summed E-state index contributed by atoms with van der Waals surface area (Å²) in [6.07, 6.45) is 1.25. The zero-order valence-corrected chi connectivity index (χ0v) is 9.83. The highest BCUT2D eigenvalue weighted by molar-refractivity contribution is 5.84. The van der Waals surface area contributed by atoms with Crippen molar-refractivity contribution in [3.05, 3.63) is 23.7 Å². The molecule has 0 spiro atoms. The van der Waals surface area contributed by atoms with E-state index in [1.807, 2.05) is 0 Å². The second-order valence-corrected chi connectivity index (χ2v) is 4.46. The van der Waals surface area contributed by atoms with E-state index in [4.69, 9.17) is 14.6 Å². The fourth-order valence-electron chi connectivity index (χ4n) is 2.14. The lowest BCUT2D eigenvalue weighted by Gasteiger charge is -2.29. The first-order valence-corrected chi connectivity index (χ1v) is 5.83. The standard InChI is InChI=1S/C12H15NO5/c14-11(15)8-3-5-13(6-4-8)7-9-1-2-10(18-9)12(16)17/h1-2,8H,3-7H2,(H,14,15)(H,16,17). The van der Waals surface area contributed by atoms with Gasteiger partial charge in [-0.3, -0.25) is 9.69 Å². The number of furan rings is 1. The minimum atomic E-state index is -1.08. The maximum absolute atomic E-state index is 10.8. The highest BCUT2D eigenvalue weighted by Gasteiger charge is 2.25. The van der Waals surface area contributed by atoms with Gasteiger partial charge in [0.05, 0.1) is 12.5 Å². The number of hydrogen-bond donors (Lipinski definition) is 2. The largest absolute Gasteiger partial charge is 0.481 e. The van der Waals surface area contributed by atoms with E-state index >= 15 is 0 Å². The van der Waals surface area contributed by atoms with Crippen LogP contribution in [0.2, 0.25) is 0 Å². The highest BCUT2D eigenvalue weighted by atomic mass is 16.4. The Morgan fingerprint density at radius 1 is 1.28 bits per heavy atom. The van der Waals surface area contributed by atoms with Crippen LogP contribution in [0, 0.1) is 5.92 Å². The van der Waals surface area contributed by atoms with Crippen LogP contribution in [0.3, 0.4) is 0 Å². The van der Waals surface area contributed by atoms with Crippen molar-refractivity contribution >= 4 is 11.9 Å². The van der Waals surface area contributed by atoms with Crippen LogP contribution in [0.15, 0.2) is 16.5 Å².